The lowest BCUT2D eigenvalue weighted by Gasteiger charge is -2.36. The molecule has 1 atom stereocenters. The van der Waals surface area contributed by atoms with Crippen LogP contribution in [0.5, 0.6) is 0 Å². The van der Waals surface area contributed by atoms with Gasteiger partial charge >= 0.3 is 0 Å². The Kier molecular flexibility index (Phi) is 4.91. The number of carbonyl (C=O) groups is 1. The van der Waals surface area contributed by atoms with E-state index in [0.29, 0.717) is 29.7 Å². The zero-order valence-electron chi connectivity index (χ0n) is 15.7. The van der Waals surface area contributed by atoms with Crippen LogP contribution in [0.15, 0.2) is 24.3 Å². The molecule has 27 heavy (non-hydrogen) atoms. The fourth-order valence-electron chi connectivity index (χ4n) is 3.92. The average molecular weight is 386 g/mol. The van der Waals surface area contributed by atoms with Gasteiger partial charge in [-0.25, -0.2) is 4.98 Å². The van der Waals surface area contributed by atoms with Crippen LogP contribution in [0.1, 0.15) is 29.4 Å². The van der Waals surface area contributed by atoms with Crippen molar-refractivity contribution in [3.05, 3.63) is 40.5 Å². The van der Waals surface area contributed by atoms with E-state index < -0.39 is 0 Å². The lowest BCUT2D eigenvalue weighted by atomic mass is 9.87. The number of fused-ring (bicyclic) bond motifs is 1. The second kappa shape index (κ2) is 7.35. The summed E-state index contributed by atoms with van der Waals surface area (Å²) in [5.74, 6) is 1.84. The van der Waals surface area contributed by atoms with Crippen molar-refractivity contribution in [2.75, 3.05) is 48.3 Å². The summed E-state index contributed by atoms with van der Waals surface area (Å²) in [6.07, 6.45) is 1.40. The van der Waals surface area contributed by atoms with Crippen molar-refractivity contribution in [1.29, 1.82) is 0 Å². The smallest absolute Gasteiger partial charge is 0.227 e. The van der Waals surface area contributed by atoms with E-state index in [9.17, 15) is 4.79 Å². The maximum absolute atomic E-state index is 12.4. The number of hydrogen-bond acceptors (Lipinski definition) is 6. The van der Waals surface area contributed by atoms with Crippen molar-refractivity contribution in [2.45, 2.75) is 19.8 Å². The number of halogens is 1. The van der Waals surface area contributed by atoms with Gasteiger partial charge in [-0.15, -0.1) is 0 Å². The number of nitrogens with zero attached hydrogens (tertiary/aromatic N) is 4. The number of hydrogen-bond donors (Lipinski definition) is 1. The Morgan fingerprint density at radius 1 is 1.11 bits per heavy atom. The normalized spacial score (nSPS) is 19.8. The standard InChI is InChI=1S/C20H24ClN5O/c1-13-10-16-18(17(27)11-13)19(22-2)24-20(23-16)26-8-6-25(7-9-26)15-5-3-4-14(21)12-15/h3-5,12-13H,6-11H2,1-2H3,(H,22,23,24). The maximum atomic E-state index is 12.4. The Morgan fingerprint density at radius 3 is 2.56 bits per heavy atom. The van der Waals surface area contributed by atoms with Gasteiger partial charge in [0.2, 0.25) is 5.95 Å². The minimum Gasteiger partial charge on any atom is -0.372 e. The van der Waals surface area contributed by atoms with E-state index in [4.69, 9.17) is 16.6 Å². The molecular formula is C20H24ClN5O. The van der Waals surface area contributed by atoms with Crippen molar-refractivity contribution in [1.82, 2.24) is 9.97 Å². The highest BCUT2D eigenvalue weighted by molar-refractivity contribution is 6.30. The molecule has 0 spiro atoms. The highest BCUT2D eigenvalue weighted by Crippen LogP contribution is 2.30. The molecule has 2 heterocycles. The zero-order valence-corrected chi connectivity index (χ0v) is 16.5. The summed E-state index contributed by atoms with van der Waals surface area (Å²) < 4.78 is 0. The first-order chi connectivity index (χ1) is 13.0. The number of benzene rings is 1. The van der Waals surface area contributed by atoms with Gasteiger partial charge in [-0.2, -0.15) is 4.98 Å². The molecule has 0 radical (unpaired) electrons. The number of nitrogens with one attached hydrogen (secondary N) is 1. The lowest BCUT2D eigenvalue weighted by Crippen LogP contribution is -2.47. The van der Waals surface area contributed by atoms with Gasteiger partial charge < -0.3 is 15.1 Å². The SMILES string of the molecule is CNc1nc(N2CCN(c3cccc(Cl)c3)CC2)nc2c1C(=O)CC(C)C2. The highest BCUT2D eigenvalue weighted by atomic mass is 35.5. The van der Waals surface area contributed by atoms with Gasteiger partial charge in [-0.3, -0.25) is 4.79 Å². The van der Waals surface area contributed by atoms with E-state index in [2.05, 4.69) is 33.1 Å². The molecule has 7 heteroatoms. The van der Waals surface area contributed by atoms with Crippen molar-refractivity contribution < 1.29 is 4.79 Å². The fraction of sp³-hybridized carbons (Fsp3) is 0.450. The van der Waals surface area contributed by atoms with Crippen LogP contribution in [-0.4, -0.2) is 49.0 Å². The quantitative estimate of drug-likeness (QED) is 0.875. The van der Waals surface area contributed by atoms with E-state index in [1.165, 1.54) is 0 Å². The number of rotatable bonds is 3. The predicted octanol–water partition coefficient (Wildman–Crippen LogP) is 3.26. The second-order valence-electron chi connectivity index (χ2n) is 7.33. The number of aromatic nitrogens is 2. The third kappa shape index (κ3) is 3.58. The van der Waals surface area contributed by atoms with Gasteiger partial charge in [0.1, 0.15) is 5.82 Å². The van der Waals surface area contributed by atoms with Gasteiger partial charge in [-0.05, 0) is 30.5 Å². The lowest BCUT2D eigenvalue weighted by molar-refractivity contribution is 0.0952. The minimum atomic E-state index is 0.144. The molecule has 1 N–H and O–H groups in total. The monoisotopic (exact) mass is 385 g/mol. The summed E-state index contributed by atoms with van der Waals surface area (Å²) in [5, 5.41) is 3.85. The summed E-state index contributed by atoms with van der Waals surface area (Å²) in [7, 11) is 1.81. The summed E-state index contributed by atoms with van der Waals surface area (Å²) in [5.41, 5.74) is 2.70. The molecule has 1 unspecified atom stereocenters. The van der Waals surface area contributed by atoms with Crippen molar-refractivity contribution in [2.24, 2.45) is 5.92 Å². The van der Waals surface area contributed by atoms with Gasteiger partial charge in [0.15, 0.2) is 5.78 Å². The summed E-state index contributed by atoms with van der Waals surface area (Å²) in [6, 6.07) is 7.96. The summed E-state index contributed by atoms with van der Waals surface area (Å²) in [6.45, 7) is 5.53. The van der Waals surface area contributed by atoms with Crippen LogP contribution < -0.4 is 15.1 Å². The molecule has 1 aromatic carbocycles. The molecule has 4 rings (SSSR count). The Morgan fingerprint density at radius 2 is 1.85 bits per heavy atom. The molecule has 1 aromatic heterocycles. The zero-order chi connectivity index (χ0) is 19.0. The van der Waals surface area contributed by atoms with Crippen LogP contribution in [0.2, 0.25) is 5.02 Å². The molecule has 1 saturated heterocycles. The van der Waals surface area contributed by atoms with E-state index in [-0.39, 0.29) is 5.78 Å². The second-order valence-corrected chi connectivity index (χ2v) is 7.77. The maximum Gasteiger partial charge on any atom is 0.227 e. The van der Waals surface area contributed by atoms with Crippen LogP contribution in [-0.2, 0) is 6.42 Å². The van der Waals surface area contributed by atoms with Crippen molar-refractivity contribution in [3.8, 4) is 0 Å². The predicted molar refractivity (Wildman–Crippen MR) is 109 cm³/mol. The Hall–Kier alpha value is -2.34. The largest absolute Gasteiger partial charge is 0.372 e. The van der Waals surface area contributed by atoms with E-state index >= 15 is 0 Å². The van der Waals surface area contributed by atoms with E-state index in [1.807, 2.05) is 25.2 Å². The van der Waals surface area contributed by atoms with Gasteiger partial charge in [0.25, 0.3) is 0 Å². The third-order valence-electron chi connectivity index (χ3n) is 5.30. The summed E-state index contributed by atoms with van der Waals surface area (Å²) >= 11 is 6.12. The topological polar surface area (TPSA) is 61.4 Å². The Balaban J connectivity index is 1.55. The molecule has 0 saturated carbocycles. The number of Topliss-reactive ketones (excluding diaryl/α,β-unsaturated/α-hetero) is 1. The van der Waals surface area contributed by atoms with Gasteiger partial charge in [-0.1, -0.05) is 24.6 Å². The summed E-state index contributed by atoms with van der Waals surface area (Å²) in [4.78, 5) is 26.4. The van der Waals surface area contributed by atoms with Crippen LogP contribution in [0.3, 0.4) is 0 Å². The molecule has 2 aliphatic rings. The van der Waals surface area contributed by atoms with Crippen molar-refractivity contribution in [3.63, 3.8) is 0 Å². The fourth-order valence-corrected chi connectivity index (χ4v) is 4.10. The average Bonchev–Trinajstić information content (AvgIpc) is 2.67. The number of ketones is 1. The van der Waals surface area contributed by atoms with Gasteiger partial charge in [0.05, 0.1) is 11.3 Å². The minimum absolute atomic E-state index is 0.144. The molecule has 1 aliphatic heterocycles. The molecule has 2 aromatic rings. The Labute approximate surface area is 164 Å². The molecule has 1 aliphatic carbocycles. The molecular weight excluding hydrogens is 362 g/mol. The molecule has 0 amide bonds. The number of carbonyl (C=O) groups excluding carboxylic acids is 1. The molecule has 1 fully saturated rings. The van der Waals surface area contributed by atoms with Gasteiger partial charge in [0, 0.05) is 50.4 Å². The first kappa shape index (κ1) is 18.0. The Bertz CT molecular complexity index is 863. The van der Waals surface area contributed by atoms with Crippen LogP contribution >= 0.6 is 11.6 Å². The number of anilines is 3. The molecule has 0 bridgehead atoms. The number of piperazine rings is 1. The van der Waals surface area contributed by atoms with E-state index in [0.717, 1.165) is 49.0 Å². The third-order valence-corrected chi connectivity index (χ3v) is 5.53. The van der Waals surface area contributed by atoms with Crippen LogP contribution in [0, 0.1) is 5.92 Å². The van der Waals surface area contributed by atoms with Crippen LogP contribution in [0.4, 0.5) is 17.5 Å². The van der Waals surface area contributed by atoms with Crippen LogP contribution in [0.25, 0.3) is 0 Å². The first-order valence-electron chi connectivity index (χ1n) is 9.42. The molecule has 142 valence electrons. The molecule has 6 nitrogen and oxygen atoms in total. The first-order valence-corrected chi connectivity index (χ1v) is 9.80. The highest BCUT2D eigenvalue weighted by Gasteiger charge is 2.29. The van der Waals surface area contributed by atoms with Crippen molar-refractivity contribution >= 4 is 34.8 Å². The van der Waals surface area contributed by atoms with E-state index in [1.54, 1.807) is 0 Å².